The van der Waals surface area contributed by atoms with Crippen LogP contribution >= 0.6 is 0 Å². The lowest BCUT2D eigenvalue weighted by molar-refractivity contribution is -0.135. The van der Waals surface area contributed by atoms with Crippen molar-refractivity contribution in [2.75, 3.05) is 0 Å². The molecule has 2 unspecified atom stereocenters. The molecule has 2 saturated heterocycles. The number of carbonyl (C=O) groups is 1. The van der Waals surface area contributed by atoms with Crippen molar-refractivity contribution in [3.8, 4) is 0 Å². The highest BCUT2D eigenvalue weighted by molar-refractivity contribution is 7.92. The van der Waals surface area contributed by atoms with Crippen molar-refractivity contribution >= 4 is 15.7 Å². The predicted molar refractivity (Wildman–Crippen MR) is 130 cm³/mol. The fraction of sp³-hybridized carbons (Fsp3) is 0.321. The molecule has 33 heavy (non-hydrogen) atoms. The van der Waals surface area contributed by atoms with Crippen LogP contribution in [0.3, 0.4) is 0 Å². The molecule has 2 heterocycles. The van der Waals surface area contributed by atoms with Crippen LogP contribution in [0.25, 0.3) is 0 Å². The number of carbonyl (C=O) groups excluding carboxylic acids is 1. The summed E-state index contributed by atoms with van der Waals surface area (Å²) in [5, 5.41) is -0.416. The Bertz CT molecular complexity index is 1140. The van der Waals surface area contributed by atoms with Gasteiger partial charge in [-0.1, -0.05) is 78.9 Å². The second-order valence-corrected chi connectivity index (χ2v) is 11.4. The van der Waals surface area contributed by atoms with E-state index >= 15 is 0 Å². The number of rotatable bonds is 6. The van der Waals surface area contributed by atoms with E-state index < -0.39 is 15.1 Å². The van der Waals surface area contributed by atoms with E-state index in [1.54, 1.807) is 24.3 Å². The van der Waals surface area contributed by atoms with Crippen LogP contribution in [0.2, 0.25) is 0 Å². The maximum atomic E-state index is 13.6. The Morgan fingerprint density at radius 3 is 1.70 bits per heavy atom. The molecule has 0 radical (unpaired) electrons. The van der Waals surface area contributed by atoms with Crippen LogP contribution < -0.4 is 0 Å². The maximum absolute atomic E-state index is 13.6. The van der Waals surface area contributed by atoms with E-state index in [1.165, 1.54) is 0 Å². The first-order valence-electron chi connectivity index (χ1n) is 11.7. The van der Waals surface area contributed by atoms with E-state index in [0.29, 0.717) is 24.2 Å². The average Bonchev–Trinajstić information content (AvgIpc) is 3.13. The third-order valence-electron chi connectivity index (χ3n) is 7.27. The van der Waals surface area contributed by atoms with Gasteiger partial charge in [-0.2, -0.15) is 0 Å². The Morgan fingerprint density at radius 1 is 0.758 bits per heavy atom. The molecule has 2 fully saturated rings. The van der Waals surface area contributed by atoms with Crippen molar-refractivity contribution in [3.05, 3.63) is 102 Å². The second kappa shape index (κ2) is 9.14. The molecule has 5 heteroatoms. The van der Waals surface area contributed by atoms with E-state index in [0.717, 1.165) is 24.0 Å². The number of nitrogens with zero attached hydrogens (tertiary/aromatic N) is 1. The minimum absolute atomic E-state index is 0.00642. The fourth-order valence-corrected chi connectivity index (χ4v) is 7.54. The van der Waals surface area contributed by atoms with E-state index in [4.69, 9.17) is 0 Å². The van der Waals surface area contributed by atoms with Crippen LogP contribution in [0.5, 0.6) is 0 Å². The topological polar surface area (TPSA) is 54.5 Å². The second-order valence-electron chi connectivity index (χ2n) is 9.22. The molecule has 3 aromatic rings. The zero-order chi connectivity index (χ0) is 22.8. The Labute approximate surface area is 196 Å². The fourth-order valence-electron chi connectivity index (χ4n) is 5.67. The number of fused-ring (bicyclic) bond motifs is 2. The van der Waals surface area contributed by atoms with E-state index in [-0.39, 0.29) is 23.9 Å². The molecule has 1 amide bonds. The van der Waals surface area contributed by atoms with Gasteiger partial charge in [0.1, 0.15) is 0 Å². The zero-order valence-corrected chi connectivity index (χ0v) is 19.4. The standard InChI is InChI=1S/C28H29NO3S/c30-28(20-27(21-10-4-1-5-11-21)22-12-6-2-7-13-22)29-23-16-17-24(29)19-26(18-23)33(31,32)25-14-8-3-9-15-25/h1-15,23-24,26-27H,16-20H2. The van der Waals surface area contributed by atoms with Crippen molar-refractivity contribution in [1.29, 1.82) is 0 Å². The van der Waals surface area contributed by atoms with Crippen molar-refractivity contribution in [2.45, 2.75) is 60.3 Å². The van der Waals surface area contributed by atoms with Gasteiger partial charge in [0.25, 0.3) is 0 Å². The molecule has 4 nitrogen and oxygen atoms in total. The monoisotopic (exact) mass is 459 g/mol. The van der Waals surface area contributed by atoms with Gasteiger partial charge in [-0.05, 0) is 48.9 Å². The van der Waals surface area contributed by atoms with Gasteiger partial charge in [0.15, 0.2) is 9.84 Å². The molecule has 0 aliphatic carbocycles. The van der Waals surface area contributed by atoms with Gasteiger partial charge in [0, 0.05) is 24.4 Å². The Morgan fingerprint density at radius 2 is 1.21 bits per heavy atom. The van der Waals surface area contributed by atoms with Crippen LogP contribution in [0.4, 0.5) is 0 Å². The highest BCUT2D eigenvalue weighted by Crippen LogP contribution is 2.41. The number of hydrogen-bond acceptors (Lipinski definition) is 3. The third-order valence-corrected chi connectivity index (χ3v) is 9.46. The quantitative estimate of drug-likeness (QED) is 0.509. The van der Waals surface area contributed by atoms with Gasteiger partial charge in [0.2, 0.25) is 5.91 Å². The van der Waals surface area contributed by atoms with E-state index in [9.17, 15) is 13.2 Å². The molecule has 0 N–H and O–H groups in total. The third kappa shape index (κ3) is 4.34. The van der Waals surface area contributed by atoms with E-state index in [1.807, 2.05) is 47.4 Å². The number of hydrogen-bond donors (Lipinski definition) is 0. The van der Waals surface area contributed by atoms with Gasteiger partial charge in [-0.15, -0.1) is 0 Å². The Balaban J connectivity index is 1.36. The molecular formula is C28H29NO3S. The van der Waals surface area contributed by atoms with Gasteiger partial charge in [-0.3, -0.25) is 4.79 Å². The molecule has 2 bridgehead atoms. The molecule has 0 aromatic heterocycles. The van der Waals surface area contributed by atoms with Crippen molar-refractivity contribution < 1.29 is 13.2 Å². The number of sulfone groups is 1. The summed E-state index contributed by atoms with van der Waals surface area (Å²) in [5.41, 5.74) is 2.26. The first-order chi connectivity index (χ1) is 16.0. The summed E-state index contributed by atoms with van der Waals surface area (Å²) in [6, 6.07) is 29.1. The van der Waals surface area contributed by atoms with Crippen molar-refractivity contribution in [3.63, 3.8) is 0 Å². The molecular weight excluding hydrogens is 430 g/mol. The van der Waals surface area contributed by atoms with Crippen LogP contribution in [-0.4, -0.2) is 36.6 Å². The smallest absolute Gasteiger partial charge is 0.224 e. The number of benzene rings is 3. The Kier molecular flexibility index (Phi) is 6.07. The lowest BCUT2D eigenvalue weighted by Gasteiger charge is -2.39. The van der Waals surface area contributed by atoms with Gasteiger partial charge in [0.05, 0.1) is 10.1 Å². The number of amides is 1. The normalized spacial score (nSPS) is 22.5. The van der Waals surface area contributed by atoms with Gasteiger partial charge < -0.3 is 4.90 Å². The first-order valence-corrected chi connectivity index (χ1v) is 13.3. The summed E-state index contributed by atoms with van der Waals surface area (Å²) in [6.45, 7) is 0. The predicted octanol–water partition coefficient (Wildman–Crippen LogP) is 5.20. The minimum atomic E-state index is -3.38. The minimum Gasteiger partial charge on any atom is -0.337 e. The molecule has 2 atom stereocenters. The molecule has 0 spiro atoms. The van der Waals surface area contributed by atoms with Gasteiger partial charge in [-0.25, -0.2) is 8.42 Å². The van der Waals surface area contributed by atoms with Crippen molar-refractivity contribution in [1.82, 2.24) is 4.90 Å². The summed E-state index contributed by atoms with van der Waals surface area (Å²) >= 11 is 0. The Hall–Kier alpha value is -2.92. The lowest BCUT2D eigenvalue weighted by Crippen LogP contribution is -2.50. The molecule has 3 aromatic carbocycles. The van der Waals surface area contributed by atoms with E-state index in [2.05, 4.69) is 24.3 Å². The molecule has 5 rings (SSSR count). The average molecular weight is 460 g/mol. The molecule has 0 saturated carbocycles. The van der Waals surface area contributed by atoms with Crippen LogP contribution in [-0.2, 0) is 14.6 Å². The largest absolute Gasteiger partial charge is 0.337 e. The van der Waals surface area contributed by atoms with Crippen LogP contribution in [0.1, 0.15) is 49.1 Å². The highest BCUT2D eigenvalue weighted by Gasteiger charge is 2.47. The lowest BCUT2D eigenvalue weighted by atomic mass is 9.87. The SMILES string of the molecule is O=C(CC(c1ccccc1)c1ccccc1)N1C2CCC1CC(S(=O)(=O)c1ccccc1)C2. The summed E-state index contributed by atoms with van der Waals surface area (Å²) < 4.78 is 26.5. The maximum Gasteiger partial charge on any atom is 0.224 e. The molecule has 2 aliphatic rings. The first kappa shape index (κ1) is 21.9. The summed E-state index contributed by atoms with van der Waals surface area (Å²) in [6.07, 6.45) is 3.23. The molecule has 170 valence electrons. The van der Waals surface area contributed by atoms with Crippen LogP contribution in [0, 0.1) is 0 Å². The summed E-state index contributed by atoms with van der Waals surface area (Å²) in [7, 11) is -3.38. The van der Waals surface area contributed by atoms with Gasteiger partial charge >= 0.3 is 0 Å². The zero-order valence-electron chi connectivity index (χ0n) is 18.6. The van der Waals surface area contributed by atoms with Crippen molar-refractivity contribution in [2.24, 2.45) is 0 Å². The summed E-state index contributed by atoms with van der Waals surface area (Å²) in [5.74, 6) is 0.126. The molecule has 2 aliphatic heterocycles. The summed E-state index contributed by atoms with van der Waals surface area (Å²) in [4.78, 5) is 16.0. The number of piperidine rings is 1. The highest BCUT2D eigenvalue weighted by atomic mass is 32.2. The van der Waals surface area contributed by atoms with Crippen LogP contribution in [0.15, 0.2) is 95.9 Å².